The van der Waals surface area contributed by atoms with E-state index in [0.29, 0.717) is 25.4 Å². The molecule has 0 bridgehead atoms. The number of hydrogen-bond donors (Lipinski definition) is 0. The van der Waals surface area contributed by atoms with Gasteiger partial charge in [-0.25, -0.2) is 0 Å². The summed E-state index contributed by atoms with van der Waals surface area (Å²) in [7, 11) is 1.82. The highest BCUT2D eigenvalue weighted by atomic mass is 16.5. The van der Waals surface area contributed by atoms with Crippen molar-refractivity contribution in [3.8, 4) is 0 Å². The molecule has 28 heavy (non-hydrogen) atoms. The van der Waals surface area contributed by atoms with E-state index in [1.165, 1.54) is 5.56 Å². The predicted octanol–water partition coefficient (Wildman–Crippen LogP) is 3.10. The van der Waals surface area contributed by atoms with Crippen molar-refractivity contribution in [3.63, 3.8) is 0 Å². The first-order valence-corrected chi connectivity index (χ1v) is 10.1. The highest BCUT2D eigenvalue weighted by molar-refractivity contribution is 5.92. The molecule has 6 heteroatoms. The van der Waals surface area contributed by atoms with Crippen molar-refractivity contribution in [2.75, 3.05) is 19.7 Å². The smallest absolute Gasteiger partial charge is 0.272 e. The second-order valence-corrected chi connectivity index (χ2v) is 8.03. The van der Waals surface area contributed by atoms with Crippen molar-refractivity contribution in [3.05, 3.63) is 53.3 Å². The van der Waals surface area contributed by atoms with Gasteiger partial charge in [-0.1, -0.05) is 30.3 Å². The number of aromatic nitrogens is 2. The second-order valence-electron chi connectivity index (χ2n) is 8.03. The van der Waals surface area contributed by atoms with Crippen LogP contribution in [0.15, 0.2) is 36.4 Å². The van der Waals surface area contributed by atoms with Gasteiger partial charge < -0.3 is 14.4 Å². The van der Waals surface area contributed by atoms with Crippen LogP contribution in [0.4, 0.5) is 0 Å². The number of nitrogens with zero attached hydrogens (tertiary/aromatic N) is 3. The number of amides is 1. The molecule has 1 atom stereocenters. The van der Waals surface area contributed by atoms with Crippen LogP contribution in [-0.2, 0) is 23.1 Å². The summed E-state index contributed by atoms with van der Waals surface area (Å²) in [5.41, 5.74) is 2.57. The lowest BCUT2D eigenvalue weighted by Crippen LogP contribution is -2.52. The average Bonchev–Trinajstić information content (AvgIpc) is 3.05. The van der Waals surface area contributed by atoms with Crippen LogP contribution in [-0.4, -0.2) is 52.0 Å². The van der Waals surface area contributed by atoms with Gasteiger partial charge in [0, 0.05) is 33.2 Å². The van der Waals surface area contributed by atoms with Gasteiger partial charge in [0.15, 0.2) is 0 Å². The van der Waals surface area contributed by atoms with Crippen LogP contribution in [0.5, 0.6) is 0 Å². The van der Waals surface area contributed by atoms with E-state index in [9.17, 15) is 4.79 Å². The van der Waals surface area contributed by atoms with E-state index in [4.69, 9.17) is 9.47 Å². The Morgan fingerprint density at radius 1 is 1.29 bits per heavy atom. The van der Waals surface area contributed by atoms with Crippen molar-refractivity contribution >= 4 is 5.91 Å². The molecule has 1 spiro atoms. The molecule has 0 saturated carbocycles. The normalized spacial score (nSPS) is 21.8. The molecule has 4 rings (SSSR count). The number of piperidine rings is 1. The maximum Gasteiger partial charge on any atom is 0.272 e. The minimum Gasteiger partial charge on any atom is -0.375 e. The Morgan fingerprint density at radius 2 is 2.04 bits per heavy atom. The molecule has 2 aliphatic rings. The minimum atomic E-state index is -0.154. The van der Waals surface area contributed by atoms with E-state index < -0.39 is 0 Å². The van der Waals surface area contributed by atoms with Crippen LogP contribution in [0.3, 0.4) is 0 Å². The molecule has 0 aliphatic carbocycles. The number of carbonyl (C=O) groups excluding carboxylic acids is 1. The van der Waals surface area contributed by atoms with Gasteiger partial charge in [0.05, 0.1) is 24.0 Å². The van der Waals surface area contributed by atoms with Crippen LogP contribution in [0, 0.1) is 6.92 Å². The fraction of sp³-hybridized carbons (Fsp3) is 0.545. The zero-order valence-electron chi connectivity index (χ0n) is 16.8. The van der Waals surface area contributed by atoms with E-state index >= 15 is 0 Å². The van der Waals surface area contributed by atoms with Gasteiger partial charge in [-0.2, -0.15) is 5.10 Å². The maximum atomic E-state index is 12.8. The molecule has 1 unspecified atom stereocenters. The first kappa shape index (κ1) is 19.2. The molecule has 1 aromatic carbocycles. The topological polar surface area (TPSA) is 56.6 Å². The summed E-state index contributed by atoms with van der Waals surface area (Å²) in [5, 5.41) is 4.29. The first-order chi connectivity index (χ1) is 13.5. The van der Waals surface area contributed by atoms with Gasteiger partial charge in [-0.3, -0.25) is 9.48 Å². The van der Waals surface area contributed by atoms with Crippen LogP contribution < -0.4 is 0 Å². The lowest BCUT2D eigenvalue weighted by molar-refractivity contribution is -0.154. The van der Waals surface area contributed by atoms with Gasteiger partial charge in [0.2, 0.25) is 0 Å². The Kier molecular flexibility index (Phi) is 5.51. The number of benzene rings is 1. The van der Waals surface area contributed by atoms with Crippen molar-refractivity contribution in [1.82, 2.24) is 14.7 Å². The molecule has 2 aromatic rings. The highest BCUT2D eigenvalue weighted by Crippen LogP contribution is 2.36. The summed E-state index contributed by atoms with van der Waals surface area (Å²) in [5.74, 6) is 0.0608. The number of ether oxygens (including phenoxy) is 2. The Labute approximate surface area is 166 Å². The van der Waals surface area contributed by atoms with Gasteiger partial charge in [0.25, 0.3) is 5.91 Å². The summed E-state index contributed by atoms with van der Waals surface area (Å²) in [6.07, 6.45) is 3.79. The van der Waals surface area contributed by atoms with Crippen LogP contribution >= 0.6 is 0 Å². The number of carbonyl (C=O) groups is 1. The van der Waals surface area contributed by atoms with Crippen LogP contribution in [0.1, 0.15) is 47.4 Å². The number of aryl methyl sites for hydroxylation is 2. The molecule has 0 N–H and O–H groups in total. The van der Waals surface area contributed by atoms with Crippen molar-refractivity contribution in [2.24, 2.45) is 7.05 Å². The average molecular weight is 383 g/mol. The van der Waals surface area contributed by atoms with E-state index in [1.807, 2.05) is 43.1 Å². The molecule has 3 heterocycles. The molecule has 2 saturated heterocycles. The van der Waals surface area contributed by atoms with Crippen molar-refractivity contribution < 1.29 is 14.3 Å². The molecule has 2 aliphatic heterocycles. The third-order valence-corrected chi connectivity index (χ3v) is 5.96. The Morgan fingerprint density at radius 3 is 2.71 bits per heavy atom. The summed E-state index contributed by atoms with van der Waals surface area (Å²) < 4.78 is 14.1. The van der Waals surface area contributed by atoms with Crippen molar-refractivity contribution in [2.45, 2.75) is 50.9 Å². The standard InChI is InChI=1S/C22H29N3O3/c1-17-14-20(24(2)23-17)21(26)25-11-9-22(10-12-25)15-19(8-13-28-22)27-16-18-6-4-3-5-7-18/h3-7,14,19H,8-13,15-16H2,1-2H3. The van der Waals surface area contributed by atoms with Gasteiger partial charge in [-0.05, 0) is 37.8 Å². The number of rotatable bonds is 4. The summed E-state index contributed by atoms with van der Waals surface area (Å²) in [4.78, 5) is 14.8. The largest absolute Gasteiger partial charge is 0.375 e. The van der Waals surface area contributed by atoms with Gasteiger partial charge >= 0.3 is 0 Å². The number of likely N-dealkylation sites (tertiary alicyclic amines) is 1. The predicted molar refractivity (Wildman–Crippen MR) is 106 cm³/mol. The van der Waals surface area contributed by atoms with Crippen LogP contribution in [0.25, 0.3) is 0 Å². The minimum absolute atomic E-state index is 0.0608. The van der Waals surface area contributed by atoms with Crippen LogP contribution in [0.2, 0.25) is 0 Å². The van der Waals surface area contributed by atoms with E-state index in [0.717, 1.165) is 38.0 Å². The van der Waals surface area contributed by atoms with E-state index in [1.54, 1.807) is 4.68 Å². The van der Waals surface area contributed by atoms with Gasteiger partial charge in [0.1, 0.15) is 5.69 Å². The second kappa shape index (κ2) is 8.05. The zero-order chi connectivity index (χ0) is 19.6. The number of hydrogen-bond acceptors (Lipinski definition) is 4. The molecule has 150 valence electrons. The maximum absolute atomic E-state index is 12.8. The van der Waals surface area contributed by atoms with E-state index in [-0.39, 0.29) is 17.6 Å². The SMILES string of the molecule is Cc1cc(C(=O)N2CCC3(CC2)CC(OCc2ccccc2)CCO3)n(C)n1. The zero-order valence-corrected chi connectivity index (χ0v) is 16.8. The fourth-order valence-corrected chi connectivity index (χ4v) is 4.35. The highest BCUT2D eigenvalue weighted by Gasteiger charge is 2.41. The quantitative estimate of drug-likeness (QED) is 0.814. The monoisotopic (exact) mass is 383 g/mol. The first-order valence-electron chi connectivity index (χ1n) is 10.1. The summed E-state index contributed by atoms with van der Waals surface area (Å²) in [6, 6.07) is 12.2. The summed E-state index contributed by atoms with van der Waals surface area (Å²) >= 11 is 0. The van der Waals surface area contributed by atoms with Crippen molar-refractivity contribution in [1.29, 1.82) is 0 Å². The third-order valence-electron chi connectivity index (χ3n) is 5.96. The molecule has 0 radical (unpaired) electrons. The Balaban J connectivity index is 1.32. The molecular formula is C22H29N3O3. The fourth-order valence-electron chi connectivity index (χ4n) is 4.35. The summed E-state index contributed by atoms with van der Waals surface area (Å²) in [6.45, 7) is 4.72. The molecule has 1 aromatic heterocycles. The molecule has 2 fully saturated rings. The molecule has 1 amide bonds. The molecule has 6 nitrogen and oxygen atoms in total. The lowest BCUT2D eigenvalue weighted by atomic mass is 9.83. The third kappa shape index (κ3) is 4.13. The Bertz CT molecular complexity index is 810. The lowest BCUT2D eigenvalue weighted by Gasteiger charge is -2.46. The van der Waals surface area contributed by atoms with Gasteiger partial charge in [-0.15, -0.1) is 0 Å². The molecular weight excluding hydrogens is 354 g/mol. The Hall–Kier alpha value is -2.18. The van der Waals surface area contributed by atoms with E-state index in [2.05, 4.69) is 17.2 Å².